The Balaban J connectivity index is 2.00. The molecule has 18 heavy (non-hydrogen) atoms. The first kappa shape index (κ1) is 12.7. The zero-order valence-corrected chi connectivity index (χ0v) is 10.7. The molecule has 1 aromatic heterocycles. The first-order valence-corrected chi connectivity index (χ1v) is 6.05. The Morgan fingerprint density at radius 1 is 1.33 bits per heavy atom. The van der Waals surface area contributed by atoms with Crippen LogP contribution in [0.1, 0.15) is 29.7 Å². The molecule has 0 aliphatic rings. The number of nitrogens with one attached hydrogen (secondary N) is 1. The fourth-order valence-corrected chi connectivity index (χ4v) is 1.86. The maximum Gasteiger partial charge on any atom is 0.123 e. The summed E-state index contributed by atoms with van der Waals surface area (Å²) in [6.45, 7) is 4.83. The number of benzene rings is 1. The van der Waals surface area contributed by atoms with Crippen molar-refractivity contribution in [1.82, 2.24) is 10.3 Å². The van der Waals surface area contributed by atoms with Crippen LogP contribution in [0.25, 0.3) is 0 Å². The van der Waals surface area contributed by atoms with Crippen molar-refractivity contribution in [3.8, 4) is 0 Å². The highest BCUT2D eigenvalue weighted by Gasteiger charge is 2.06. The molecular formula is C15H17FN2. The van der Waals surface area contributed by atoms with E-state index in [4.69, 9.17) is 0 Å². The van der Waals surface area contributed by atoms with Crippen LogP contribution in [0, 0.1) is 12.7 Å². The topological polar surface area (TPSA) is 24.9 Å². The number of pyridine rings is 1. The molecule has 1 heterocycles. The largest absolute Gasteiger partial charge is 0.306 e. The summed E-state index contributed by atoms with van der Waals surface area (Å²) in [6.07, 6.45) is 3.64. The van der Waals surface area contributed by atoms with Crippen molar-refractivity contribution in [2.75, 3.05) is 0 Å². The average Bonchev–Trinajstić information content (AvgIpc) is 2.37. The molecule has 0 saturated heterocycles. The third-order valence-corrected chi connectivity index (χ3v) is 3.08. The van der Waals surface area contributed by atoms with E-state index < -0.39 is 0 Å². The number of hydrogen-bond acceptors (Lipinski definition) is 2. The predicted octanol–water partition coefficient (Wildman–Crippen LogP) is 3.38. The van der Waals surface area contributed by atoms with E-state index in [0.29, 0.717) is 0 Å². The predicted molar refractivity (Wildman–Crippen MR) is 70.6 cm³/mol. The Hall–Kier alpha value is -1.74. The molecule has 2 nitrogen and oxygen atoms in total. The van der Waals surface area contributed by atoms with Crippen molar-refractivity contribution in [3.63, 3.8) is 0 Å². The molecule has 0 radical (unpaired) electrons. The average molecular weight is 244 g/mol. The van der Waals surface area contributed by atoms with Crippen molar-refractivity contribution in [2.24, 2.45) is 0 Å². The van der Waals surface area contributed by atoms with Crippen LogP contribution in [0.3, 0.4) is 0 Å². The Labute approximate surface area is 107 Å². The SMILES string of the molecule is Cc1cnccc1CNC(C)c1cccc(F)c1. The third kappa shape index (κ3) is 3.14. The number of aryl methyl sites for hydroxylation is 1. The lowest BCUT2D eigenvalue weighted by Gasteiger charge is -2.15. The van der Waals surface area contributed by atoms with Crippen molar-refractivity contribution in [1.29, 1.82) is 0 Å². The van der Waals surface area contributed by atoms with Gasteiger partial charge in [-0.2, -0.15) is 0 Å². The van der Waals surface area contributed by atoms with Gasteiger partial charge in [-0.1, -0.05) is 12.1 Å². The Morgan fingerprint density at radius 2 is 2.17 bits per heavy atom. The van der Waals surface area contributed by atoms with Crippen LogP contribution in [0.15, 0.2) is 42.7 Å². The van der Waals surface area contributed by atoms with E-state index in [1.165, 1.54) is 11.6 Å². The number of hydrogen-bond donors (Lipinski definition) is 1. The zero-order chi connectivity index (χ0) is 13.0. The van der Waals surface area contributed by atoms with Crippen LogP contribution < -0.4 is 5.32 Å². The quantitative estimate of drug-likeness (QED) is 0.891. The van der Waals surface area contributed by atoms with Crippen LogP contribution in [0.2, 0.25) is 0 Å². The second kappa shape index (κ2) is 5.74. The third-order valence-electron chi connectivity index (χ3n) is 3.08. The molecule has 0 fully saturated rings. The van der Waals surface area contributed by atoms with Gasteiger partial charge in [-0.25, -0.2) is 4.39 Å². The highest BCUT2D eigenvalue weighted by Crippen LogP contribution is 2.14. The first-order chi connectivity index (χ1) is 8.66. The highest BCUT2D eigenvalue weighted by atomic mass is 19.1. The van der Waals surface area contributed by atoms with Crippen molar-refractivity contribution in [3.05, 3.63) is 65.2 Å². The Morgan fingerprint density at radius 3 is 2.89 bits per heavy atom. The molecule has 1 aromatic carbocycles. The molecule has 0 bridgehead atoms. The standard InChI is InChI=1S/C15H17FN2/c1-11-9-17-7-6-14(11)10-18-12(2)13-4-3-5-15(16)8-13/h3-9,12,18H,10H2,1-2H3. The summed E-state index contributed by atoms with van der Waals surface area (Å²) < 4.78 is 13.1. The smallest absolute Gasteiger partial charge is 0.123 e. The fourth-order valence-electron chi connectivity index (χ4n) is 1.86. The van der Waals surface area contributed by atoms with Gasteiger partial charge < -0.3 is 5.32 Å². The van der Waals surface area contributed by atoms with Gasteiger partial charge in [0.25, 0.3) is 0 Å². The summed E-state index contributed by atoms with van der Waals surface area (Å²) in [5, 5.41) is 3.39. The zero-order valence-electron chi connectivity index (χ0n) is 10.7. The molecule has 1 unspecified atom stereocenters. The van der Waals surface area contributed by atoms with Gasteiger partial charge in [0.1, 0.15) is 5.82 Å². The second-order valence-electron chi connectivity index (χ2n) is 4.46. The van der Waals surface area contributed by atoms with E-state index in [9.17, 15) is 4.39 Å². The van der Waals surface area contributed by atoms with Crippen LogP contribution in [0.5, 0.6) is 0 Å². The van der Waals surface area contributed by atoms with E-state index in [2.05, 4.69) is 10.3 Å². The summed E-state index contributed by atoms with van der Waals surface area (Å²) in [4.78, 5) is 4.06. The van der Waals surface area contributed by atoms with Crippen LogP contribution in [-0.4, -0.2) is 4.98 Å². The maximum absolute atomic E-state index is 13.1. The molecule has 2 rings (SSSR count). The molecular weight excluding hydrogens is 227 g/mol. The normalized spacial score (nSPS) is 12.4. The van der Waals surface area contributed by atoms with Gasteiger partial charge in [0.15, 0.2) is 0 Å². The summed E-state index contributed by atoms with van der Waals surface area (Å²) >= 11 is 0. The lowest BCUT2D eigenvalue weighted by atomic mass is 10.1. The summed E-state index contributed by atoms with van der Waals surface area (Å²) in [6, 6.07) is 8.81. The van der Waals surface area contributed by atoms with Crippen LogP contribution >= 0.6 is 0 Å². The van der Waals surface area contributed by atoms with Gasteiger partial charge >= 0.3 is 0 Å². The summed E-state index contributed by atoms with van der Waals surface area (Å²) in [7, 11) is 0. The van der Waals surface area contributed by atoms with Crippen molar-refractivity contribution < 1.29 is 4.39 Å². The fraction of sp³-hybridized carbons (Fsp3) is 0.267. The monoisotopic (exact) mass is 244 g/mol. The molecule has 1 N–H and O–H groups in total. The van der Waals surface area contributed by atoms with Gasteiger partial charge in [0, 0.05) is 25.0 Å². The van der Waals surface area contributed by atoms with E-state index in [1.807, 2.05) is 32.2 Å². The lowest BCUT2D eigenvalue weighted by molar-refractivity contribution is 0.564. The van der Waals surface area contributed by atoms with Gasteiger partial charge in [-0.3, -0.25) is 4.98 Å². The molecule has 1 atom stereocenters. The molecule has 94 valence electrons. The number of nitrogens with zero attached hydrogens (tertiary/aromatic N) is 1. The van der Waals surface area contributed by atoms with Gasteiger partial charge in [0.05, 0.1) is 0 Å². The molecule has 0 aliphatic carbocycles. The van der Waals surface area contributed by atoms with Gasteiger partial charge in [-0.05, 0) is 48.7 Å². The minimum atomic E-state index is -0.193. The minimum Gasteiger partial charge on any atom is -0.306 e. The second-order valence-corrected chi connectivity index (χ2v) is 4.46. The maximum atomic E-state index is 13.1. The molecule has 0 amide bonds. The molecule has 3 heteroatoms. The molecule has 0 aliphatic heterocycles. The van der Waals surface area contributed by atoms with Crippen LogP contribution in [0.4, 0.5) is 4.39 Å². The minimum absolute atomic E-state index is 0.119. The summed E-state index contributed by atoms with van der Waals surface area (Å²) in [5.41, 5.74) is 3.34. The lowest BCUT2D eigenvalue weighted by Crippen LogP contribution is -2.18. The van der Waals surface area contributed by atoms with Crippen molar-refractivity contribution in [2.45, 2.75) is 26.4 Å². The molecule has 0 spiro atoms. The van der Waals surface area contributed by atoms with Gasteiger partial charge in [-0.15, -0.1) is 0 Å². The van der Waals surface area contributed by atoms with E-state index in [1.54, 1.807) is 18.3 Å². The number of halogens is 1. The van der Waals surface area contributed by atoms with E-state index >= 15 is 0 Å². The Kier molecular flexibility index (Phi) is 4.05. The van der Waals surface area contributed by atoms with Crippen LogP contribution in [-0.2, 0) is 6.54 Å². The number of aromatic nitrogens is 1. The molecule has 2 aromatic rings. The highest BCUT2D eigenvalue weighted by molar-refractivity contribution is 5.23. The number of rotatable bonds is 4. The molecule has 0 saturated carbocycles. The summed E-state index contributed by atoms with van der Waals surface area (Å²) in [5.74, 6) is -0.193. The Bertz CT molecular complexity index is 525. The van der Waals surface area contributed by atoms with Crippen molar-refractivity contribution >= 4 is 0 Å². The van der Waals surface area contributed by atoms with E-state index in [0.717, 1.165) is 17.7 Å². The van der Waals surface area contributed by atoms with E-state index in [-0.39, 0.29) is 11.9 Å². The first-order valence-electron chi connectivity index (χ1n) is 6.05. The van der Waals surface area contributed by atoms with Gasteiger partial charge in [0.2, 0.25) is 0 Å².